The number of benzene rings is 2. The molecule has 4 aliphatic carbocycles. The van der Waals surface area contributed by atoms with E-state index >= 15 is 0 Å². The van der Waals surface area contributed by atoms with Crippen molar-refractivity contribution in [1.82, 2.24) is 0 Å². The van der Waals surface area contributed by atoms with Gasteiger partial charge in [-0.2, -0.15) is 0 Å². The number of carbonyl (C=O) groups excluding carboxylic acids is 1. The predicted molar refractivity (Wildman–Crippen MR) is 155 cm³/mol. The number of hydrogen-bond acceptors (Lipinski definition) is 4. The summed E-state index contributed by atoms with van der Waals surface area (Å²) in [6.07, 6.45) is 9.60. The number of aliphatic hydroxyl groups is 2. The van der Waals surface area contributed by atoms with Crippen LogP contribution in [0.2, 0.25) is 0 Å². The van der Waals surface area contributed by atoms with Gasteiger partial charge < -0.3 is 14.9 Å². The molecule has 0 bridgehead atoms. The van der Waals surface area contributed by atoms with Crippen molar-refractivity contribution in [1.29, 1.82) is 0 Å². The predicted octanol–water partition coefficient (Wildman–Crippen LogP) is 7.29. The zero-order chi connectivity index (χ0) is 27.4. The Kier molecular flexibility index (Phi) is 7.33. The van der Waals surface area contributed by atoms with Gasteiger partial charge >= 0.3 is 5.97 Å². The fourth-order valence-corrected chi connectivity index (χ4v) is 10.4. The maximum Gasteiger partial charge on any atom is 0.306 e. The summed E-state index contributed by atoms with van der Waals surface area (Å²) in [7, 11) is 0. The first-order valence-corrected chi connectivity index (χ1v) is 15.7. The summed E-state index contributed by atoms with van der Waals surface area (Å²) in [5.74, 6) is 3.16. The van der Waals surface area contributed by atoms with E-state index in [1.165, 1.54) is 24.6 Å². The van der Waals surface area contributed by atoms with Crippen LogP contribution in [0.4, 0.5) is 0 Å². The molecule has 0 heterocycles. The standard InChI is InChI=1S/C35H48O4/c1-22(11-16-33(38)39-21-24-9-6-8-23-7-4-5-10-27(23)24)29-14-15-30-28-13-12-25-19-26(36)17-18-34(25,2)31(28)20-32(37)35(29,30)3/h4-10,22,25-26,28-32,36-37H,11-21H2,1-3H3/t22-,25-,26-,28+,29-,30+,31+,32+,34+,35-/m1/s1. The lowest BCUT2D eigenvalue weighted by Gasteiger charge is -2.62. The van der Waals surface area contributed by atoms with Gasteiger partial charge in [0.1, 0.15) is 6.61 Å². The molecule has 39 heavy (non-hydrogen) atoms. The Morgan fingerprint density at radius 2 is 1.77 bits per heavy atom. The van der Waals surface area contributed by atoms with Gasteiger partial charge in [-0.05, 0) is 120 Å². The lowest BCUT2D eigenvalue weighted by atomic mass is 9.43. The quantitative estimate of drug-likeness (QED) is 0.383. The zero-order valence-electron chi connectivity index (χ0n) is 24.1. The largest absolute Gasteiger partial charge is 0.461 e. The topological polar surface area (TPSA) is 66.8 Å². The van der Waals surface area contributed by atoms with Crippen LogP contribution in [0.15, 0.2) is 42.5 Å². The van der Waals surface area contributed by atoms with E-state index < -0.39 is 0 Å². The van der Waals surface area contributed by atoms with Gasteiger partial charge in [-0.15, -0.1) is 0 Å². The second-order valence-corrected chi connectivity index (χ2v) is 14.2. The summed E-state index contributed by atoms with van der Waals surface area (Å²) in [4.78, 5) is 12.8. The molecule has 10 atom stereocenters. The molecule has 0 amide bonds. The molecule has 2 aromatic carbocycles. The highest BCUT2D eigenvalue weighted by molar-refractivity contribution is 5.85. The molecule has 212 valence electrons. The molecule has 2 aromatic rings. The van der Waals surface area contributed by atoms with Crippen LogP contribution in [-0.4, -0.2) is 28.4 Å². The van der Waals surface area contributed by atoms with E-state index in [1.54, 1.807) is 0 Å². The van der Waals surface area contributed by atoms with Crippen molar-refractivity contribution < 1.29 is 19.7 Å². The smallest absolute Gasteiger partial charge is 0.306 e. The third kappa shape index (κ3) is 4.64. The molecule has 0 saturated heterocycles. The Morgan fingerprint density at radius 1 is 0.974 bits per heavy atom. The Labute approximate surface area is 234 Å². The number of hydrogen-bond donors (Lipinski definition) is 2. The van der Waals surface area contributed by atoms with Gasteiger partial charge in [0.25, 0.3) is 0 Å². The van der Waals surface area contributed by atoms with Crippen molar-refractivity contribution in [2.24, 2.45) is 46.3 Å². The van der Waals surface area contributed by atoms with Crippen molar-refractivity contribution in [2.75, 3.05) is 0 Å². The monoisotopic (exact) mass is 532 g/mol. The van der Waals surface area contributed by atoms with Gasteiger partial charge in [0.15, 0.2) is 0 Å². The highest BCUT2D eigenvalue weighted by atomic mass is 16.5. The second-order valence-electron chi connectivity index (χ2n) is 14.2. The summed E-state index contributed by atoms with van der Waals surface area (Å²) in [5.41, 5.74) is 1.25. The van der Waals surface area contributed by atoms with Crippen LogP contribution in [0.25, 0.3) is 10.8 Å². The number of ether oxygens (including phenoxy) is 1. The minimum absolute atomic E-state index is 0.0647. The van der Waals surface area contributed by atoms with Gasteiger partial charge in [-0.3, -0.25) is 4.79 Å². The molecule has 0 aromatic heterocycles. The molecular formula is C35H48O4. The van der Waals surface area contributed by atoms with Crippen LogP contribution in [-0.2, 0) is 16.1 Å². The zero-order valence-corrected chi connectivity index (χ0v) is 24.1. The summed E-state index contributed by atoms with van der Waals surface area (Å²) in [5, 5.41) is 24.4. The number of rotatable bonds is 6. The van der Waals surface area contributed by atoms with Crippen LogP contribution >= 0.6 is 0 Å². The molecule has 4 nitrogen and oxygen atoms in total. The molecule has 0 radical (unpaired) electrons. The number of esters is 1. The lowest BCUT2D eigenvalue weighted by Crippen LogP contribution is -2.58. The molecule has 4 saturated carbocycles. The van der Waals surface area contributed by atoms with Crippen molar-refractivity contribution in [3.05, 3.63) is 48.0 Å². The Morgan fingerprint density at radius 3 is 2.62 bits per heavy atom. The summed E-state index contributed by atoms with van der Waals surface area (Å²) < 4.78 is 5.74. The molecule has 0 spiro atoms. The summed E-state index contributed by atoms with van der Waals surface area (Å²) in [6.45, 7) is 7.48. The van der Waals surface area contributed by atoms with Crippen molar-refractivity contribution in [3.63, 3.8) is 0 Å². The summed E-state index contributed by atoms with van der Waals surface area (Å²) >= 11 is 0. The van der Waals surface area contributed by atoms with Crippen molar-refractivity contribution in [3.8, 4) is 0 Å². The fourth-order valence-electron chi connectivity index (χ4n) is 10.4. The average Bonchev–Trinajstić information content (AvgIpc) is 3.30. The van der Waals surface area contributed by atoms with E-state index in [1.807, 2.05) is 24.3 Å². The van der Waals surface area contributed by atoms with Crippen LogP contribution in [0.1, 0.15) is 90.5 Å². The van der Waals surface area contributed by atoms with Crippen LogP contribution in [0, 0.1) is 46.3 Å². The Hall–Kier alpha value is -1.91. The Balaban J connectivity index is 1.08. The van der Waals surface area contributed by atoms with Crippen molar-refractivity contribution >= 4 is 16.7 Å². The molecule has 4 aliphatic rings. The molecule has 0 aliphatic heterocycles. The van der Waals surface area contributed by atoms with Gasteiger partial charge in [0.05, 0.1) is 12.2 Å². The minimum Gasteiger partial charge on any atom is -0.461 e. The van der Waals surface area contributed by atoms with Gasteiger partial charge in [0.2, 0.25) is 0 Å². The number of fused-ring (bicyclic) bond motifs is 6. The molecular weight excluding hydrogens is 484 g/mol. The highest BCUT2D eigenvalue weighted by Gasteiger charge is 2.63. The first-order chi connectivity index (χ1) is 18.7. The number of carbonyl (C=O) groups is 1. The molecule has 4 heteroatoms. The van der Waals surface area contributed by atoms with Gasteiger partial charge in [-0.1, -0.05) is 63.2 Å². The van der Waals surface area contributed by atoms with E-state index in [2.05, 4.69) is 39.0 Å². The summed E-state index contributed by atoms with van der Waals surface area (Å²) in [6, 6.07) is 14.4. The highest BCUT2D eigenvalue weighted by Crippen LogP contribution is 2.68. The normalized spacial score (nSPS) is 40.4. The van der Waals surface area contributed by atoms with Gasteiger partial charge in [0, 0.05) is 6.42 Å². The van der Waals surface area contributed by atoms with E-state index in [4.69, 9.17) is 4.74 Å². The fraction of sp³-hybridized carbons (Fsp3) is 0.686. The van der Waals surface area contributed by atoms with E-state index in [9.17, 15) is 15.0 Å². The molecule has 2 N–H and O–H groups in total. The van der Waals surface area contributed by atoms with Crippen LogP contribution in [0.3, 0.4) is 0 Å². The third-order valence-corrected chi connectivity index (χ3v) is 12.6. The van der Waals surface area contributed by atoms with E-state index in [-0.39, 0.29) is 29.0 Å². The number of aliphatic hydroxyl groups excluding tert-OH is 2. The van der Waals surface area contributed by atoms with E-state index in [0.717, 1.165) is 49.5 Å². The van der Waals surface area contributed by atoms with Gasteiger partial charge in [-0.25, -0.2) is 0 Å². The Bertz CT molecular complexity index is 1190. The lowest BCUT2D eigenvalue weighted by molar-refractivity contribution is -0.175. The minimum atomic E-state index is -0.278. The van der Waals surface area contributed by atoms with Crippen LogP contribution < -0.4 is 0 Å². The second kappa shape index (κ2) is 10.5. The maximum atomic E-state index is 12.8. The average molecular weight is 533 g/mol. The maximum absolute atomic E-state index is 12.8. The third-order valence-electron chi connectivity index (χ3n) is 12.6. The first-order valence-electron chi connectivity index (χ1n) is 15.7. The van der Waals surface area contributed by atoms with E-state index in [0.29, 0.717) is 48.5 Å². The first kappa shape index (κ1) is 27.3. The molecule has 4 fully saturated rings. The molecule has 0 unspecified atom stereocenters. The SMILES string of the molecule is C[C@H](CCC(=O)OCc1cccc2ccccc12)[C@H]1CC[C@H]2[C@@H]3CC[C@@H]4C[C@H](O)CC[C@]4(C)[C@H]3C[C@H](O)[C@]12C. The molecule has 6 rings (SSSR count). The van der Waals surface area contributed by atoms with Crippen molar-refractivity contribution in [2.45, 2.75) is 104 Å². The van der Waals surface area contributed by atoms with Crippen LogP contribution in [0.5, 0.6) is 0 Å².